The van der Waals surface area contributed by atoms with Gasteiger partial charge in [-0.2, -0.15) is 0 Å². The van der Waals surface area contributed by atoms with Gasteiger partial charge >= 0.3 is 0 Å². The normalized spacial score (nSPS) is 24.4. The van der Waals surface area contributed by atoms with Crippen molar-refractivity contribution < 1.29 is 17.9 Å². The molecular formula is C13H18FNO3S. The highest BCUT2D eigenvalue weighted by atomic mass is 32.2. The maximum absolute atomic E-state index is 13.1. The molecule has 0 atom stereocenters. The largest absolute Gasteiger partial charge is 0.393 e. The van der Waals surface area contributed by atoms with Gasteiger partial charge in [-0.3, -0.25) is 0 Å². The van der Waals surface area contributed by atoms with Crippen LogP contribution in [0.3, 0.4) is 0 Å². The third-order valence-corrected chi connectivity index (χ3v) is 4.98. The van der Waals surface area contributed by atoms with Crippen LogP contribution < -0.4 is 4.72 Å². The molecule has 0 unspecified atom stereocenters. The first kappa shape index (κ1) is 14.4. The monoisotopic (exact) mass is 287 g/mol. The van der Waals surface area contributed by atoms with Gasteiger partial charge < -0.3 is 5.11 Å². The summed E-state index contributed by atoms with van der Waals surface area (Å²) in [5.74, 6) is -0.417. The summed E-state index contributed by atoms with van der Waals surface area (Å²) in [5.41, 5.74) is 0.307. The Labute approximate surface area is 112 Å². The van der Waals surface area contributed by atoms with Crippen molar-refractivity contribution in [2.24, 2.45) is 0 Å². The van der Waals surface area contributed by atoms with Crippen LogP contribution in [0, 0.1) is 12.7 Å². The van der Waals surface area contributed by atoms with Gasteiger partial charge in [-0.05, 0) is 56.4 Å². The molecule has 2 rings (SSSR count). The van der Waals surface area contributed by atoms with Crippen LogP contribution in [-0.2, 0) is 10.0 Å². The standard InChI is InChI=1S/C13H18FNO3S/c1-9-8-12(6-7-13(9)14)19(17,18)15-10-2-4-11(16)5-3-10/h6-8,10-11,15-16H,2-5H2,1H3. The fourth-order valence-corrected chi connectivity index (χ4v) is 3.66. The van der Waals surface area contributed by atoms with Gasteiger partial charge in [0.2, 0.25) is 10.0 Å². The van der Waals surface area contributed by atoms with Crippen LogP contribution in [0.25, 0.3) is 0 Å². The topological polar surface area (TPSA) is 66.4 Å². The van der Waals surface area contributed by atoms with Crippen LogP contribution in [0.1, 0.15) is 31.2 Å². The zero-order valence-corrected chi connectivity index (χ0v) is 11.6. The second kappa shape index (κ2) is 5.56. The smallest absolute Gasteiger partial charge is 0.240 e. The lowest BCUT2D eigenvalue weighted by molar-refractivity contribution is 0.120. The van der Waals surface area contributed by atoms with Gasteiger partial charge in [0, 0.05) is 6.04 Å². The summed E-state index contributed by atoms with van der Waals surface area (Å²) < 4.78 is 40.1. The maximum Gasteiger partial charge on any atom is 0.240 e. The van der Waals surface area contributed by atoms with E-state index in [9.17, 15) is 17.9 Å². The minimum Gasteiger partial charge on any atom is -0.393 e. The summed E-state index contributed by atoms with van der Waals surface area (Å²) in [6, 6.07) is 3.60. The fraction of sp³-hybridized carbons (Fsp3) is 0.538. The van der Waals surface area contributed by atoms with Crippen molar-refractivity contribution in [3.05, 3.63) is 29.6 Å². The molecule has 0 amide bonds. The van der Waals surface area contributed by atoms with E-state index in [1.807, 2.05) is 0 Å². The zero-order chi connectivity index (χ0) is 14.0. The molecule has 1 aliphatic rings. The molecule has 1 aromatic carbocycles. The van der Waals surface area contributed by atoms with E-state index in [2.05, 4.69) is 4.72 Å². The highest BCUT2D eigenvalue weighted by Crippen LogP contribution is 2.21. The number of aliphatic hydroxyl groups is 1. The molecule has 0 radical (unpaired) electrons. The number of halogens is 1. The van der Waals surface area contributed by atoms with E-state index in [0.29, 0.717) is 31.2 Å². The Morgan fingerprint density at radius 2 is 1.89 bits per heavy atom. The van der Waals surface area contributed by atoms with Crippen molar-refractivity contribution in [3.8, 4) is 0 Å². The molecule has 0 saturated heterocycles. The van der Waals surface area contributed by atoms with Gasteiger partial charge in [0.05, 0.1) is 11.0 Å². The Morgan fingerprint density at radius 3 is 2.47 bits per heavy atom. The molecule has 19 heavy (non-hydrogen) atoms. The third kappa shape index (κ3) is 3.52. The first-order chi connectivity index (χ1) is 8.88. The first-order valence-corrected chi connectivity index (χ1v) is 7.83. The first-order valence-electron chi connectivity index (χ1n) is 6.35. The predicted octanol–water partition coefficient (Wildman–Crippen LogP) is 1.72. The maximum atomic E-state index is 13.1. The van der Waals surface area contributed by atoms with Gasteiger partial charge in [0.1, 0.15) is 5.82 Å². The number of nitrogens with one attached hydrogen (secondary N) is 1. The van der Waals surface area contributed by atoms with E-state index in [4.69, 9.17) is 0 Å². The van der Waals surface area contributed by atoms with Crippen molar-refractivity contribution in [3.63, 3.8) is 0 Å². The predicted molar refractivity (Wildman–Crippen MR) is 69.7 cm³/mol. The van der Waals surface area contributed by atoms with Crippen LogP contribution in [-0.4, -0.2) is 25.7 Å². The van der Waals surface area contributed by atoms with Gasteiger partial charge in [-0.15, -0.1) is 0 Å². The second-order valence-corrected chi connectivity index (χ2v) is 6.75. The average Bonchev–Trinajstić information content (AvgIpc) is 2.35. The Hall–Kier alpha value is -0.980. The summed E-state index contributed by atoms with van der Waals surface area (Å²) in [6.45, 7) is 1.53. The number of sulfonamides is 1. The summed E-state index contributed by atoms with van der Waals surface area (Å²) in [7, 11) is -3.61. The molecule has 106 valence electrons. The van der Waals surface area contributed by atoms with E-state index in [1.165, 1.54) is 19.1 Å². The second-order valence-electron chi connectivity index (χ2n) is 5.04. The van der Waals surface area contributed by atoms with Gasteiger partial charge in [0.25, 0.3) is 0 Å². The van der Waals surface area contributed by atoms with Gasteiger partial charge in [-0.1, -0.05) is 0 Å². The van der Waals surface area contributed by atoms with Crippen molar-refractivity contribution in [1.82, 2.24) is 4.72 Å². The molecule has 0 bridgehead atoms. The SMILES string of the molecule is Cc1cc(S(=O)(=O)NC2CCC(O)CC2)ccc1F. The van der Waals surface area contributed by atoms with Crippen LogP contribution in [0.15, 0.2) is 23.1 Å². The van der Waals surface area contributed by atoms with Crippen LogP contribution in [0.4, 0.5) is 4.39 Å². The van der Waals surface area contributed by atoms with Crippen LogP contribution in [0.2, 0.25) is 0 Å². The van der Waals surface area contributed by atoms with E-state index in [1.54, 1.807) is 0 Å². The van der Waals surface area contributed by atoms with E-state index in [-0.39, 0.29) is 17.0 Å². The van der Waals surface area contributed by atoms with E-state index in [0.717, 1.165) is 6.07 Å². The lowest BCUT2D eigenvalue weighted by Gasteiger charge is -2.26. The molecular weight excluding hydrogens is 269 g/mol. The molecule has 1 aliphatic carbocycles. The summed E-state index contributed by atoms with van der Waals surface area (Å²) in [4.78, 5) is 0.0810. The third-order valence-electron chi connectivity index (χ3n) is 3.46. The Kier molecular flexibility index (Phi) is 4.23. The van der Waals surface area contributed by atoms with Gasteiger partial charge in [0.15, 0.2) is 0 Å². The lowest BCUT2D eigenvalue weighted by atomic mass is 9.94. The number of aliphatic hydroxyl groups excluding tert-OH is 1. The molecule has 1 fully saturated rings. The van der Waals surface area contributed by atoms with Crippen molar-refractivity contribution in [2.75, 3.05) is 0 Å². The van der Waals surface area contributed by atoms with Crippen molar-refractivity contribution >= 4 is 10.0 Å². The van der Waals surface area contributed by atoms with E-state index >= 15 is 0 Å². The molecule has 0 spiro atoms. The Morgan fingerprint density at radius 1 is 1.26 bits per heavy atom. The lowest BCUT2D eigenvalue weighted by Crippen LogP contribution is -2.38. The molecule has 0 aromatic heterocycles. The van der Waals surface area contributed by atoms with Crippen molar-refractivity contribution in [1.29, 1.82) is 0 Å². The van der Waals surface area contributed by atoms with Gasteiger partial charge in [-0.25, -0.2) is 17.5 Å². The Bertz CT molecular complexity index is 551. The minimum atomic E-state index is -3.61. The Balaban J connectivity index is 2.11. The number of hydrogen-bond donors (Lipinski definition) is 2. The summed E-state index contributed by atoms with van der Waals surface area (Å²) in [5, 5.41) is 9.39. The molecule has 1 saturated carbocycles. The average molecular weight is 287 g/mol. The highest BCUT2D eigenvalue weighted by Gasteiger charge is 2.25. The molecule has 2 N–H and O–H groups in total. The number of benzene rings is 1. The number of hydrogen-bond acceptors (Lipinski definition) is 3. The molecule has 6 heteroatoms. The van der Waals surface area contributed by atoms with Crippen LogP contribution >= 0.6 is 0 Å². The minimum absolute atomic E-state index is 0.0810. The molecule has 4 nitrogen and oxygen atoms in total. The van der Waals surface area contributed by atoms with E-state index < -0.39 is 15.8 Å². The molecule has 1 aromatic rings. The van der Waals surface area contributed by atoms with Crippen LogP contribution in [0.5, 0.6) is 0 Å². The van der Waals surface area contributed by atoms with Crippen molar-refractivity contribution in [2.45, 2.75) is 49.6 Å². The fourth-order valence-electron chi connectivity index (χ4n) is 2.27. The molecule has 0 heterocycles. The number of rotatable bonds is 3. The zero-order valence-electron chi connectivity index (χ0n) is 10.8. The summed E-state index contributed by atoms with van der Waals surface area (Å²) in [6.07, 6.45) is 2.14. The molecule has 0 aliphatic heterocycles. The highest BCUT2D eigenvalue weighted by molar-refractivity contribution is 7.89. The summed E-state index contributed by atoms with van der Waals surface area (Å²) >= 11 is 0. The number of aryl methyl sites for hydroxylation is 1. The quantitative estimate of drug-likeness (QED) is 0.889.